The molecular formula is C40H57F3N8O5. The molecule has 2 aromatic rings. The maximum absolute atomic E-state index is 14.3. The van der Waals surface area contributed by atoms with Crippen molar-refractivity contribution in [1.29, 1.82) is 10.8 Å². The highest BCUT2D eigenvalue weighted by molar-refractivity contribution is 5.95. The summed E-state index contributed by atoms with van der Waals surface area (Å²) in [5, 5.41) is 34.3. The molecule has 0 spiro atoms. The van der Waals surface area contributed by atoms with Crippen molar-refractivity contribution in [3.8, 4) is 0 Å². The van der Waals surface area contributed by atoms with E-state index in [-0.39, 0.29) is 47.3 Å². The standard InChI is InChI=1S/C38H56N8O3.C2HF3O2/c39-34(40)30-20-18-27(19-21-30)25-31(28-13-6-2-7-14-28)35(47)46-33(29-15-8-3-9-16-29)37(49)45-32(17-10-23-44-38(41)42)36(48)43-24-22-26-11-4-1-5-12-26;3-2(4,5)1(6)7/h1,4-5,11-12,18-21,28-29,31-33H,2-3,6-10,13-17,22-25H2,(H3,39,40)(H,43,48)(H,45,49)(H,46,47)(H4,41,42,44);(H,6,7). The number of hydrogen-bond donors (Lipinski definition) is 9. The Morgan fingerprint density at radius 3 is 1.84 bits per heavy atom. The van der Waals surface area contributed by atoms with Gasteiger partial charge in [-0.3, -0.25) is 25.2 Å². The van der Waals surface area contributed by atoms with Crippen LogP contribution in [0.25, 0.3) is 0 Å². The first-order chi connectivity index (χ1) is 26.6. The van der Waals surface area contributed by atoms with E-state index >= 15 is 0 Å². The summed E-state index contributed by atoms with van der Waals surface area (Å²) in [4.78, 5) is 50.8. The van der Waals surface area contributed by atoms with Gasteiger partial charge in [-0.25, -0.2) is 4.79 Å². The van der Waals surface area contributed by atoms with Gasteiger partial charge in [0.2, 0.25) is 17.7 Å². The molecule has 3 unspecified atom stereocenters. The van der Waals surface area contributed by atoms with Gasteiger partial charge in [0.15, 0.2) is 5.96 Å². The second-order valence-electron chi connectivity index (χ2n) is 14.6. The van der Waals surface area contributed by atoms with Crippen molar-refractivity contribution < 1.29 is 37.5 Å². The van der Waals surface area contributed by atoms with Crippen LogP contribution in [0.2, 0.25) is 0 Å². The predicted molar refractivity (Wildman–Crippen MR) is 208 cm³/mol. The molecular weight excluding hydrogens is 729 g/mol. The number of amidine groups is 1. The largest absolute Gasteiger partial charge is 0.490 e. The van der Waals surface area contributed by atoms with Gasteiger partial charge in [-0.1, -0.05) is 93.1 Å². The van der Waals surface area contributed by atoms with Gasteiger partial charge in [0.05, 0.1) is 0 Å². The molecule has 2 aromatic carbocycles. The molecule has 56 heavy (non-hydrogen) atoms. The minimum atomic E-state index is -5.08. The highest BCUT2D eigenvalue weighted by atomic mass is 19.4. The Hall–Kier alpha value is -5.15. The minimum absolute atomic E-state index is 0.00718. The number of carboxylic acids is 1. The summed E-state index contributed by atoms with van der Waals surface area (Å²) < 4.78 is 31.7. The van der Waals surface area contributed by atoms with Crippen LogP contribution in [-0.4, -0.2) is 71.9 Å². The Bertz CT molecular complexity index is 1580. The van der Waals surface area contributed by atoms with Crippen molar-refractivity contribution in [1.82, 2.24) is 21.3 Å². The summed E-state index contributed by atoms with van der Waals surface area (Å²) >= 11 is 0. The topological polar surface area (TPSA) is 236 Å². The lowest BCUT2D eigenvalue weighted by atomic mass is 9.76. The molecule has 0 aliphatic heterocycles. The molecule has 0 saturated heterocycles. The predicted octanol–water partition coefficient (Wildman–Crippen LogP) is 4.52. The molecule has 13 nitrogen and oxygen atoms in total. The third-order valence-corrected chi connectivity index (χ3v) is 10.4. The number of nitrogen functional groups attached to an aromatic ring is 1. The number of amides is 3. The molecule has 3 atom stereocenters. The molecule has 0 heterocycles. The molecule has 2 saturated carbocycles. The minimum Gasteiger partial charge on any atom is -0.475 e. The van der Waals surface area contributed by atoms with Crippen LogP contribution in [-0.2, 0) is 32.0 Å². The van der Waals surface area contributed by atoms with Gasteiger partial charge in [-0.05, 0) is 74.3 Å². The number of halogens is 3. The van der Waals surface area contributed by atoms with E-state index in [4.69, 9.17) is 32.2 Å². The summed E-state index contributed by atoms with van der Waals surface area (Å²) in [6.07, 6.45) is 7.09. The van der Waals surface area contributed by atoms with Crippen molar-refractivity contribution in [2.45, 2.75) is 108 Å². The van der Waals surface area contributed by atoms with Crippen LogP contribution >= 0.6 is 0 Å². The first kappa shape index (κ1) is 45.2. The zero-order chi connectivity index (χ0) is 41.1. The van der Waals surface area contributed by atoms with Crippen molar-refractivity contribution >= 4 is 35.5 Å². The maximum Gasteiger partial charge on any atom is 0.490 e. The zero-order valence-corrected chi connectivity index (χ0v) is 31.8. The number of carbonyl (C=O) groups is 4. The Balaban J connectivity index is 0.00000109. The van der Waals surface area contributed by atoms with Crippen LogP contribution in [0.5, 0.6) is 0 Å². The molecule has 16 heteroatoms. The highest BCUT2D eigenvalue weighted by Gasteiger charge is 2.39. The van der Waals surface area contributed by atoms with Crippen LogP contribution in [0.15, 0.2) is 54.6 Å². The number of hydrogen-bond acceptors (Lipinski definition) is 6. The fourth-order valence-electron chi connectivity index (χ4n) is 7.37. The average molecular weight is 787 g/mol. The van der Waals surface area contributed by atoms with Crippen molar-refractivity contribution in [3.63, 3.8) is 0 Å². The normalized spacial score (nSPS) is 16.5. The average Bonchev–Trinajstić information content (AvgIpc) is 3.18. The van der Waals surface area contributed by atoms with E-state index in [9.17, 15) is 27.6 Å². The molecule has 2 aliphatic carbocycles. The Morgan fingerprint density at radius 2 is 1.30 bits per heavy atom. The van der Waals surface area contributed by atoms with E-state index in [1.165, 1.54) is 6.42 Å². The molecule has 0 aromatic heterocycles. The molecule has 4 rings (SSSR count). The third kappa shape index (κ3) is 15.9. The summed E-state index contributed by atoms with van der Waals surface area (Å²) in [5.74, 6) is -3.68. The number of rotatable bonds is 17. The van der Waals surface area contributed by atoms with Crippen molar-refractivity contribution in [3.05, 3.63) is 71.3 Å². The summed E-state index contributed by atoms with van der Waals surface area (Å²) in [6.45, 7) is 0.832. The number of benzene rings is 2. The summed E-state index contributed by atoms with van der Waals surface area (Å²) in [6, 6.07) is 15.9. The Labute approximate surface area is 326 Å². The van der Waals surface area contributed by atoms with Crippen LogP contribution < -0.4 is 32.7 Å². The molecule has 308 valence electrons. The monoisotopic (exact) mass is 786 g/mol. The second-order valence-corrected chi connectivity index (χ2v) is 14.6. The van der Waals surface area contributed by atoms with Crippen molar-refractivity contribution in [2.75, 3.05) is 13.1 Å². The van der Waals surface area contributed by atoms with Gasteiger partial charge < -0.3 is 37.8 Å². The van der Waals surface area contributed by atoms with Gasteiger partial charge in [0.25, 0.3) is 0 Å². The first-order valence-corrected chi connectivity index (χ1v) is 19.4. The van der Waals surface area contributed by atoms with Gasteiger partial charge >= 0.3 is 12.1 Å². The smallest absolute Gasteiger partial charge is 0.475 e. The summed E-state index contributed by atoms with van der Waals surface area (Å²) in [7, 11) is 0. The van der Waals surface area contributed by atoms with Crippen LogP contribution in [0, 0.1) is 28.6 Å². The van der Waals surface area contributed by atoms with E-state index in [0.29, 0.717) is 44.3 Å². The lowest BCUT2D eigenvalue weighted by Gasteiger charge is -2.34. The quantitative estimate of drug-likeness (QED) is 0.0627. The Kier molecular flexibility index (Phi) is 18.6. The van der Waals surface area contributed by atoms with E-state index in [0.717, 1.165) is 68.9 Å². The number of nitrogens with one attached hydrogen (secondary N) is 6. The zero-order valence-electron chi connectivity index (χ0n) is 31.8. The third-order valence-electron chi connectivity index (χ3n) is 10.4. The van der Waals surface area contributed by atoms with E-state index < -0.39 is 24.2 Å². The molecule has 2 fully saturated rings. The maximum atomic E-state index is 14.3. The second kappa shape index (κ2) is 23.0. The first-order valence-electron chi connectivity index (χ1n) is 19.4. The number of carboxylic acid groups (broad SMARTS) is 1. The van der Waals surface area contributed by atoms with Gasteiger partial charge in [0, 0.05) is 24.6 Å². The van der Waals surface area contributed by atoms with E-state index in [2.05, 4.69) is 21.3 Å². The fraction of sp³-hybridized carbons (Fsp3) is 0.550. The number of nitrogens with two attached hydrogens (primary N) is 2. The molecule has 0 bridgehead atoms. The SMILES string of the molecule is N=C(N)NCCCC(NC(=O)C(NC(=O)C(Cc1ccc(C(=N)N)cc1)C1CCCCC1)C1CCCCC1)C(=O)NCCc1ccccc1.O=C(O)C(F)(F)F. The van der Waals surface area contributed by atoms with E-state index in [1.807, 2.05) is 54.6 Å². The number of guanidine groups is 1. The van der Waals surface area contributed by atoms with Crippen LogP contribution in [0.3, 0.4) is 0 Å². The Morgan fingerprint density at radius 1 is 0.732 bits per heavy atom. The van der Waals surface area contributed by atoms with Gasteiger partial charge in [-0.15, -0.1) is 0 Å². The fourth-order valence-corrected chi connectivity index (χ4v) is 7.37. The van der Waals surface area contributed by atoms with Gasteiger partial charge in [-0.2, -0.15) is 13.2 Å². The molecule has 11 N–H and O–H groups in total. The van der Waals surface area contributed by atoms with E-state index in [1.54, 1.807) is 0 Å². The molecule has 3 amide bonds. The number of alkyl halides is 3. The summed E-state index contributed by atoms with van der Waals surface area (Å²) in [5.41, 5.74) is 13.9. The van der Waals surface area contributed by atoms with Gasteiger partial charge in [0.1, 0.15) is 17.9 Å². The lowest BCUT2D eigenvalue weighted by Crippen LogP contribution is -2.57. The van der Waals surface area contributed by atoms with Crippen LogP contribution in [0.1, 0.15) is 93.7 Å². The van der Waals surface area contributed by atoms with Crippen LogP contribution in [0.4, 0.5) is 13.2 Å². The number of aliphatic carboxylic acids is 1. The van der Waals surface area contributed by atoms with Crippen molar-refractivity contribution in [2.24, 2.45) is 29.2 Å². The molecule has 0 radical (unpaired) electrons. The number of carbonyl (C=O) groups excluding carboxylic acids is 3. The lowest BCUT2D eigenvalue weighted by molar-refractivity contribution is -0.192. The molecule has 2 aliphatic rings. The highest BCUT2D eigenvalue weighted by Crippen LogP contribution is 2.33.